The molecule has 1 fully saturated rings. The van der Waals surface area contributed by atoms with Crippen molar-refractivity contribution >= 4 is 23.2 Å². The molecule has 0 aromatic heterocycles. The van der Waals surface area contributed by atoms with E-state index in [2.05, 4.69) is 10.2 Å². The van der Waals surface area contributed by atoms with E-state index in [0.29, 0.717) is 29.5 Å². The normalized spacial score (nSPS) is 16.4. The second-order valence-electron chi connectivity index (χ2n) is 7.97. The first-order valence-electron chi connectivity index (χ1n) is 10.5. The summed E-state index contributed by atoms with van der Waals surface area (Å²) in [6.45, 7) is 3.01. The van der Waals surface area contributed by atoms with E-state index in [1.807, 2.05) is 12.1 Å². The van der Waals surface area contributed by atoms with Crippen molar-refractivity contribution < 1.29 is 23.4 Å². The van der Waals surface area contributed by atoms with Crippen molar-refractivity contribution in [1.29, 1.82) is 0 Å². The lowest BCUT2D eigenvalue weighted by atomic mass is 9.92. The largest absolute Gasteiger partial charge is 0.493 e. The number of ether oxygens (including phenoxy) is 3. The fraction of sp³-hybridized carbons (Fsp3) is 0.435. The molecule has 0 aliphatic carbocycles. The van der Waals surface area contributed by atoms with Crippen molar-refractivity contribution in [3.63, 3.8) is 0 Å². The first-order valence-corrected chi connectivity index (χ1v) is 10.8. The molecule has 0 unspecified atom stereocenters. The molecule has 4 rings (SSSR count). The van der Waals surface area contributed by atoms with Gasteiger partial charge in [0.1, 0.15) is 5.82 Å². The van der Waals surface area contributed by atoms with Crippen molar-refractivity contribution in [3.05, 3.63) is 46.7 Å². The number of carbonyl (C=O) groups excluding carboxylic acids is 1. The average molecular weight is 449 g/mol. The fourth-order valence-electron chi connectivity index (χ4n) is 4.10. The molecule has 0 bridgehead atoms. The van der Waals surface area contributed by atoms with Gasteiger partial charge in [0, 0.05) is 18.7 Å². The number of methoxy groups -OCH3 is 1. The minimum absolute atomic E-state index is 0.00486. The molecule has 6 nitrogen and oxygen atoms in total. The van der Waals surface area contributed by atoms with Crippen LogP contribution >= 0.6 is 11.6 Å². The number of amides is 1. The monoisotopic (exact) mass is 448 g/mol. The molecular formula is C23H26ClFN2O4. The SMILES string of the molecule is COc1cc(CN2CCC(CCC(=O)Nc3ccc(F)c(Cl)c3)CC2)cc2c1OCO2. The van der Waals surface area contributed by atoms with E-state index < -0.39 is 5.82 Å². The first-order chi connectivity index (χ1) is 15.0. The molecule has 31 heavy (non-hydrogen) atoms. The number of carbonyl (C=O) groups is 1. The summed E-state index contributed by atoms with van der Waals surface area (Å²) in [5.74, 6) is 2.06. The van der Waals surface area contributed by atoms with Gasteiger partial charge in [0.15, 0.2) is 11.5 Å². The Bertz CT molecular complexity index is 947. The Kier molecular flexibility index (Phi) is 6.83. The van der Waals surface area contributed by atoms with Crippen molar-refractivity contribution in [1.82, 2.24) is 4.90 Å². The van der Waals surface area contributed by atoms with Gasteiger partial charge in [0.05, 0.1) is 12.1 Å². The number of likely N-dealkylation sites (tertiary alicyclic amines) is 1. The lowest BCUT2D eigenvalue weighted by Crippen LogP contribution is -2.33. The van der Waals surface area contributed by atoms with Crippen molar-refractivity contribution in [2.45, 2.75) is 32.2 Å². The summed E-state index contributed by atoms with van der Waals surface area (Å²) in [5.41, 5.74) is 1.65. The van der Waals surface area contributed by atoms with Crippen LogP contribution in [0.25, 0.3) is 0 Å². The van der Waals surface area contributed by atoms with Crippen molar-refractivity contribution in [2.75, 3.05) is 32.3 Å². The Hall–Kier alpha value is -2.51. The molecule has 2 heterocycles. The van der Waals surface area contributed by atoms with Gasteiger partial charge in [0.2, 0.25) is 18.4 Å². The zero-order chi connectivity index (χ0) is 21.8. The van der Waals surface area contributed by atoms with Gasteiger partial charge in [-0.05, 0) is 74.2 Å². The third-order valence-electron chi connectivity index (χ3n) is 5.81. The Balaban J connectivity index is 1.22. The highest BCUT2D eigenvalue weighted by Crippen LogP contribution is 2.42. The number of nitrogens with one attached hydrogen (secondary N) is 1. The maximum atomic E-state index is 13.2. The van der Waals surface area contributed by atoms with E-state index in [-0.39, 0.29) is 17.7 Å². The summed E-state index contributed by atoms with van der Waals surface area (Å²) in [5, 5.41) is 2.79. The van der Waals surface area contributed by atoms with E-state index in [1.54, 1.807) is 7.11 Å². The van der Waals surface area contributed by atoms with Crippen LogP contribution < -0.4 is 19.5 Å². The Labute approximate surface area is 186 Å². The molecule has 0 radical (unpaired) electrons. The number of anilines is 1. The van der Waals surface area contributed by atoms with E-state index in [0.717, 1.165) is 50.2 Å². The zero-order valence-corrected chi connectivity index (χ0v) is 18.2. The second kappa shape index (κ2) is 9.75. The first kappa shape index (κ1) is 21.7. The average Bonchev–Trinajstić information content (AvgIpc) is 3.24. The molecule has 0 spiro atoms. The molecule has 2 aromatic carbocycles. The van der Waals surface area contributed by atoms with Crippen LogP contribution in [-0.2, 0) is 11.3 Å². The van der Waals surface area contributed by atoms with E-state index in [9.17, 15) is 9.18 Å². The smallest absolute Gasteiger partial charge is 0.231 e. The van der Waals surface area contributed by atoms with Gasteiger partial charge in [-0.2, -0.15) is 0 Å². The Morgan fingerprint density at radius 1 is 1.26 bits per heavy atom. The number of benzene rings is 2. The topological polar surface area (TPSA) is 60.0 Å². The summed E-state index contributed by atoms with van der Waals surface area (Å²) in [6, 6.07) is 8.22. The highest BCUT2D eigenvalue weighted by molar-refractivity contribution is 6.31. The zero-order valence-electron chi connectivity index (χ0n) is 17.5. The maximum Gasteiger partial charge on any atom is 0.231 e. The van der Waals surface area contributed by atoms with Gasteiger partial charge in [-0.25, -0.2) is 4.39 Å². The third-order valence-corrected chi connectivity index (χ3v) is 6.10. The third kappa shape index (κ3) is 5.40. The van der Waals surface area contributed by atoms with Crippen LogP contribution in [0.5, 0.6) is 17.2 Å². The van der Waals surface area contributed by atoms with Crippen LogP contribution in [0.1, 0.15) is 31.2 Å². The molecule has 0 atom stereocenters. The van der Waals surface area contributed by atoms with Gasteiger partial charge in [-0.3, -0.25) is 9.69 Å². The van der Waals surface area contributed by atoms with E-state index in [1.165, 1.54) is 18.2 Å². The molecule has 2 aliphatic heterocycles. The summed E-state index contributed by atoms with van der Waals surface area (Å²) >= 11 is 5.76. The molecule has 1 amide bonds. The predicted octanol–water partition coefficient (Wildman–Crippen LogP) is 4.85. The van der Waals surface area contributed by atoms with Crippen LogP contribution in [0.15, 0.2) is 30.3 Å². The quantitative estimate of drug-likeness (QED) is 0.656. The molecule has 2 aromatic rings. The molecule has 1 saturated heterocycles. The number of nitrogens with zero attached hydrogens (tertiary/aromatic N) is 1. The molecule has 1 N–H and O–H groups in total. The molecular weight excluding hydrogens is 423 g/mol. The van der Waals surface area contributed by atoms with Crippen LogP contribution in [0, 0.1) is 11.7 Å². The van der Waals surface area contributed by atoms with Crippen LogP contribution in [0.4, 0.5) is 10.1 Å². The number of piperidine rings is 1. The highest BCUT2D eigenvalue weighted by atomic mass is 35.5. The molecule has 166 valence electrons. The molecule has 0 saturated carbocycles. The van der Waals surface area contributed by atoms with Crippen LogP contribution in [0.3, 0.4) is 0 Å². The Morgan fingerprint density at radius 3 is 2.81 bits per heavy atom. The highest BCUT2D eigenvalue weighted by Gasteiger charge is 2.23. The van der Waals surface area contributed by atoms with Crippen molar-refractivity contribution in [2.24, 2.45) is 5.92 Å². The lowest BCUT2D eigenvalue weighted by molar-refractivity contribution is -0.116. The minimum Gasteiger partial charge on any atom is -0.493 e. The van der Waals surface area contributed by atoms with Gasteiger partial charge in [-0.15, -0.1) is 0 Å². The van der Waals surface area contributed by atoms with Gasteiger partial charge < -0.3 is 19.5 Å². The van der Waals surface area contributed by atoms with Gasteiger partial charge in [-0.1, -0.05) is 11.6 Å². The fourth-order valence-corrected chi connectivity index (χ4v) is 4.28. The molecule has 2 aliphatic rings. The standard InChI is InChI=1S/C23H26ClFN2O4/c1-29-20-10-16(11-21-23(20)31-14-30-21)13-27-8-6-15(7-9-27)2-5-22(28)26-17-3-4-19(25)18(24)12-17/h3-4,10-12,15H,2,5-9,13-14H2,1H3,(H,26,28). The van der Waals surface area contributed by atoms with Gasteiger partial charge >= 0.3 is 0 Å². The van der Waals surface area contributed by atoms with E-state index in [4.69, 9.17) is 25.8 Å². The number of halogens is 2. The lowest BCUT2D eigenvalue weighted by Gasteiger charge is -2.32. The van der Waals surface area contributed by atoms with Crippen LogP contribution in [0.2, 0.25) is 5.02 Å². The van der Waals surface area contributed by atoms with E-state index >= 15 is 0 Å². The summed E-state index contributed by atoms with van der Waals surface area (Å²) in [6.07, 6.45) is 3.39. The number of hydrogen-bond donors (Lipinski definition) is 1. The summed E-state index contributed by atoms with van der Waals surface area (Å²) in [7, 11) is 1.63. The predicted molar refractivity (Wildman–Crippen MR) is 116 cm³/mol. The number of rotatable bonds is 7. The van der Waals surface area contributed by atoms with Gasteiger partial charge in [0.25, 0.3) is 0 Å². The summed E-state index contributed by atoms with van der Waals surface area (Å²) < 4.78 is 29.6. The number of hydrogen-bond acceptors (Lipinski definition) is 5. The van der Waals surface area contributed by atoms with Crippen molar-refractivity contribution in [3.8, 4) is 17.2 Å². The minimum atomic E-state index is -0.495. The second-order valence-corrected chi connectivity index (χ2v) is 8.37. The summed E-state index contributed by atoms with van der Waals surface area (Å²) in [4.78, 5) is 14.6. The van der Waals surface area contributed by atoms with Crippen LogP contribution in [-0.4, -0.2) is 37.8 Å². The Morgan fingerprint density at radius 2 is 2.06 bits per heavy atom. The maximum absolute atomic E-state index is 13.2. The molecule has 8 heteroatoms. The number of fused-ring (bicyclic) bond motifs is 1.